The first-order valence-corrected chi connectivity index (χ1v) is 7.94. The summed E-state index contributed by atoms with van der Waals surface area (Å²) in [5, 5.41) is 0. The topological polar surface area (TPSA) is 66.0 Å². The molecule has 106 valence electrons. The van der Waals surface area contributed by atoms with Crippen LogP contribution in [-0.4, -0.2) is 13.7 Å². The molecule has 2 rings (SSSR count). The van der Waals surface area contributed by atoms with Crippen LogP contribution in [0.25, 0.3) is 0 Å². The van der Waals surface area contributed by atoms with Gasteiger partial charge in [-0.1, -0.05) is 62.2 Å². The molecule has 0 bridgehead atoms. The fourth-order valence-corrected chi connectivity index (χ4v) is 2.65. The Hall–Kier alpha value is -1.41. The van der Waals surface area contributed by atoms with Gasteiger partial charge in [-0.25, -0.2) is 28.1 Å². The molecule has 6 nitrogen and oxygen atoms in total. The molecule has 0 saturated heterocycles. The van der Waals surface area contributed by atoms with E-state index in [2.05, 4.69) is 31.9 Å². The number of aromatic nitrogens is 3. The second kappa shape index (κ2) is 6.36. The van der Waals surface area contributed by atoms with Crippen molar-refractivity contribution in [2.45, 2.75) is 17.5 Å². The minimum absolute atomic E-state index is 0.0345. The summed E-state index contributed by atoms with van der Waals surface area (Å²) in [6, 6.07) is 9.12. The van der Waals surface area contributed by atoms with E-state index < -0.39 is 17.1 Å². The Morgan fingerprint density at radius 3 is 1.65 bits per heavy atom. The van der Waals surface area contributed by atoms with Gasteiger partial charge in [0.1, 0.15) is 0 Å². The van der Waals surface area contributed by atoms with E-state index in [4.69, 9.17) is 0 Å². The second-order valence-electron chi connectivity index (χ2n) is 4.01. The smallest absolute Gasteiger partial charge is 0.247 e. The number of hydrogen-bond acceptors (Lipinski definition) is 3. The number of alkyl halides is 2. The van der Waals surface area contributed by atoms with Crippen LogP contribution in [0.1, 0.15) is 5.56 Å². The molecule has 0 atom stereocenters. The van der Waals surface area contributed by atoms with Gasteiger partial charge in [-0.15, -0.1) is 0 Å². The largest absolute Gasteiger partial charge is 0.337 e. The number of halogens is 2. The Morgan fingerprint density at radius 1 is 0.750 bits per heavy atom. The summed E-state index contributed by atoms with van der Waals surface area (Å²) < 4.78 is 2.97. The highest BCUT2D eigenvalue weighted by molar-refractivity contribution is 9.08. The van der Waals surface area contributed by atoms with Crippen molar-refractivity contribution in [3.63, 3.8) is 0 Å². The average Bonchev–Trinajstić information content (AvgIpc) is 2.46. The predicted octanol–water partition coefficient (Wildman–Crippen LogP) is 0.925. The summed E-state index contributed by atoms with van der Waals surface area (Å²) in [6.45, 7) is 0.124. The van der Waals surface area contributed by atoms with E-state index in [0.717, 1.165) is 19.3 Å². The van der Waals surface area contributed by atoms with Crippen LogP contribution in [0.15, 0.2) is 44.7 Å². The molecule has 0 amide bonds. The number of rotatable bonds is 4. The lowest BCUT2D eigenvalue weighted by Gasteiger charge is -2.11. The second-order valence-corrected chi connectivity index (χ2v) is 5.02. The minimum atomic E-state index is -0.641. The van der Waals surface area contributed by atoms with E-state index in [1.807, 2.05) is 30.3 Å². The first-order valence-electron chi connectivity index (χ1n) is 5.70. The Bertz CT molecular complexity index is 735. The maximum Gasteiger partial charge on any atom is 0.337 e. The van der Waals surface area contributed by atoms with Crippen LogP contribution < -0.4 is 17.1 Å². The monoisotopic (exact) mass is 403 g/mol. The Kier molecular flexibility index (Phi) is 4.77. The summed E-state index contributed by atoms with van der Waals surface area (Å²) in [5.41, 5.74) is -1.01. The van der Waals surface area contributed by atoms with Crippen molar-refractivity contribution >= 4 is 31.9 Å². The number of benzene rings is 1. The van der Waals surface area contributed by atoms with E-state index >= 15 is 0 Å². The van der Waals surface area contributed by atoms with Crippen molar-refractivity contribution in [2.24, 2.45) is 0 Å². The van der Waals surface area contributed by atoms with Crippen molar-refractivity contribution in [2.75, 3.05) is 0 Å². The number of nitrogens with zero attached hydrogens (tertiary/aromatic N) is 3. The van der Waals surface area contributed by atoms with Crippen LogP contribution >= 0.6 is 31.9 Å². The highest BCUT2D eigenvalue weighted by Gasteiger charge is 2.14. The number of hydrogen-bond donors (Lipinski definition) is 0. The molecule has 0 unspecified atom stereocenters. The fraction of sp³-hybridized carbons (Fsp3) is 0.250. The molecule has 0 radical (unpaired) electrons. The lowest BCUT2D eigenvalue weighted by Crippen LogP contribution is -2.53. The molecule has 0 N–H and O–H groups in total. The van der Waals surface area contributed by atoms with Crippen molar-refractivity contribution < 1.29 is 0 Å². The first-order chi connectivity index (χ1) is 9.60. The summed E-state index contributed by atoms with van der Waals surface area (Å²) in [4.78, 5) is 36.3. The van der Waals surface area contributed by atoms with E-state index in [1.54, 1.807) is 0 Å². The van der Waals surface area contributed by atoms with Crippen LogP contribution in [-0.2, 0) is 17.5 Å². The maximum atomic E-state index is 12.2. The van der Waals surface area contributed by atoms with Crippen molar-refractivity contribution in [1.82, 2.24) is 13.7 Å². The highest BCUT2D eigenvalue weighted by atomic mass is 79.9. The Labute approximate surface area is 130 Å². The summed E-state index contributed by atoms with van der Waals surface area (Å²) >= 11 is 6.17. The summed E-state index contributed by atoms with van der Waals surface area (Å²) in [6.07, 6.45) is 0. The molecule has 2 aromatic rings. The zero-order chi connectivity index (χ0) is 14.7. The fourth-order valence-electron chi connectivity index (χ4n) is 1.79. The zero-order valence-corrected chi connectivity index (χ0v) is 13.5. The molecular weight excluding hydrogens is 394 g/mol. The van der Waals surface area contributed by atoms with Gasteiger partial charge >= 0.3 is 17.1 Å². The third-order valence-corrected chi connectivity index (χ3v) is 3.81. The molecule has 20 heavy (non-hydrogen) atoms. The maximum absolute atomic E-state index is 12.2. The van der Waals surface area contributed by atoms with Gasteiger partial charge in [0.15, 0.2) is 0 Å². The predicted molar refractivity (Wildman–Crippen MR) is 82.6 cm³/mol. The molecular formula is C12H11Br2N3O3. The third-order valence-electron chi connectivity index (χ3n) is 2.81. The SMILES string of the molecule is O=c1n(CBr)c(=O)n(Cc2ccccc2)c(=O)n1CBr. The Morgan fingerprint density at radius 2 is 1.20 bits per heavy atom. The van der Waals surface area contributed by atoms with Crippen LogP contribution in [0.5, 0.6) is 0 Å². The molecule has 0 aliphatic rings. The van der Waals surface area contributed by atoms with Crippen LogP contribution in [0.2, 0.25) is 0 Å². The molecule has 1 aromatic carbocycles. The molecule has 1 heterocycles. The molecule has 0 aliphatic heterocycles. The van der Waals surface area contributed by atoms with Gasteiger partial charge in [-0.05, 0) is 5.56 Å². The molecule has 0 spiro atoms. The standard InChI is InChI=1S/C12H11Br2N3O3/c13-7-16-10(18)15(6-9-4-2-1-3-5-9)11(19)17(8-14)12(16)20/h1-5H,6-8H2. The lowest BCUT2D eigenvalue weighted by molar-refractivity contribution is 0.524. The van der Waals surface area contributed by atoms with Crippen molar-refractivity contribution in [3.05, 3.63) is 67.3 Å². The third kappa shape index (κ3) is 2.71. The van der Waals surface area contributed by atoms with Crippen molar-refractivity contribution in [1.29, 1.82) is 0 Å². The zero-order valence-electron chi connectivity index (χ0n) is 10.3. The first kappa shape index (κ1) is 15.0. The van der Waals surface area contributed by atoms with Gasteiger partial charge in [0.25, 0.3) is 0 Å². The van der Waals surface area contributed by atoms with E-state index in [0.29, 0.717) is 0 Å². The quantitative estimate of drug-likeness (QED) is 0.712. The van der Waals surface area contributed by atoms with Crippen LogP contribution in [0.4, 0.5) is 0 Å². The van der Waals surface area contributed by atoms with Crippen LogP contribution in [0.3, 0.4) is 0 Å². The average molecular weight is 405 g/mol. The molecule has 0 saturated carbocycles. The lowest BCUT2D eigenvalue weighted by atomic mass is 10.2. The van der Waals surface area contributed by atoms with E-state index in [1.165, 1.54) is 0 Å². The summed E-state index contributed by atoms with van der Waals surface area (Å²) in [5.74, 6) is 0. The minimum Gasteiger partial charge on any atom is -0.247 e. The highest BCUT2D eigenvalue weighted by Crippen LogP contribution is 1.98. The normalized spacial score (nSPS) is 10.7. The molecule has 0 fully saturated rings. The van der Waals surface area contributed by atoms with Gasteiger partial charge in [0.05, 0.1) is 17.5 Å². The van der Waals surface area contributed by atoms with Gasteiger partial charge in [0, 0.05) is 0 Å². The molecule has 8 heteroatoms. The van der Waals surface area contributed by atoms with Crippen LogP contribution in [0, 0.1) is 0 Å². The molecule has 1 aromatic heterocycles. The van der Waals surface area contributed by atoms with Gasteiger partial charge in [0.2, 0.25) is 0 Å². The van der Waals surface area contributed by atoms with Gasteiger partial charge in [-0.2, -0.15) is 0 Å². The van der Waals surface area contributed by atoms with Gasteiger partial charge in [-0.3, -0.25) is 0 Å². The van der Waals surface area contributed by atoms with E-state index in [-0.39, 0.29) is 17.5 Å². The summed E-state index contributed by atoms with van der Waals surface area (Å²) in [7, 11) is 0. The van der Waals surface area contributed by atoms with E-state index in [9.17, 15) is 14.4 Å². The Balaban J connectivity index is 2.67. The molecule has 0 aliphatic carbocycles. The van der Waals surface area contributed by atoms with Crippen molar-refractivity contribution in [3.8, 4) is 0 Å². The van der Waals surface area contributed by atoms with Gasteiger partial charge < -0.3 is 0 Å².